The second kappa shape index (κ2) is 7.26. The summed E-state index contributed by atoms with van der Waals surface area (Å²) < 4.78 is 30.1. The van der Waals surface area contributed by atoms with E-state index in [0.717, 1.165) is 17.0 Å². The van der Waals surface area contributed by atoms with Crippen LogP contribution in [-0.4, -0.2) is 41.9 Å². The van der Waals surface area contributed by atoms with Gasteiger partial charge in [-0.05, 0) is 23.3 Å². The Labute approximate surface area is 159 Å². The van der Waals surface area contributed by atoms with Crippen molar-refractivity contribution >= 4 is 10.0 Å². The molecule has 1 fully saturated rings. The Morgan fingerprint density at radius 1 is 1.04 bits per heavy atom. The van der Waals surface area contributed by atoms with Crippen LogP contribution in [0.3, 0.4) is 0 Å². The van der Waals surface area contributed by atoms with Gasteiger partial charge in [0.1, 0.15) is 5.82 Å². The molecule has 1 N–H and O–H groups in total. The molecule has 1 saturated heterocycles. The lowest BCUT2D eigenvalue weighted by molar-refractivity contribution is 0.258. The van der Waals surface area contributed by atoms with Crippen molar-refractivity contribution in [3.05, 3.63) is 72.8 Å². The lowest BCUT2D eigenvalue weighted by Crippen LogP contribution is -2.49. The maximum atomic E-state index is 13.3. The highest BCUT2D eigenvalue weighted by atomic mass is 32.2. The van der Waals surface area contributed by atoms with E-state index in [1.165, 1.54) is 0 Å². The zero-order chi connectivity index (χ0) is 18.9. The summed E-state index contributed by atoms with van der Waals surface area (Å²) >= 11 is 0. The van der Waals surface area contributed by atoms with E-state index in [4.69, 9.17) is 0 Å². The zero-order valence-electron chi connectivity index (χ0n) is 15.1. The Hall–Kier alpha value is -2.48. The number of hydrogen-bond donors (Lipinski definition) is 1. The molecule has 2 heterocycles. The van der Waals surface area contributed by atoms with E-state index in [2.05, 4.69) is 10.3 Å². The molecule has 0 spiro atoms. The first-order chi connectivity index (χ1) is 13.1. The fourth-order valence-electron chi connectivity index (χ4n) is 3.48. The van der Waals surface area contributed by atoms with Gasteiger partial charge in [0.2, 0.25) is 10.0 Å². The average Bonchev–Trinajstić information content (AvgIpc) is 3.14. The van der Waals surface area contributed by atoms with Crippen LogP contribution in [0.5, 0.6) is 0 Å². The molecule has 0 amide bonds. The van der Waals surface area contributed by atoms with Crippen LogP contribution in [0.15, 0.2) is 71.9 Å². The van der Waals surface area contributed by atoms with Gasteiger partial charge in [-0.3, -0.25) is 0 Å². The number of hydrogen-bond acceptors (Lipinski definition) is 4. The lowest BCUT2D eigenvalue weighted by atomic mass is 10.1. The summed E-state index contributed by atoms with van der Waals surface area (Å²) in [5.41, 5.74) is 2.06. The predicted molar refractivity (Wildman–Crippen MR) is 105 cm³/mol. The molecular formula is C20H22N4O2S. The molecule has 1 aliphatic heterocycles. The molecule has 1 aromatic heterocycles. The standard InChI is InChI=1S/C20H22N4O2S/c1-23-13-12-22-20(23)19-15-21-11-14-24(19)27(25,26)18-9-7-17(8-10-18)16-5-3-2-4-6-16/h2-10,12-13,19,21H,11,14-15H2,1H3. The Kier molecular flexibility index (Phi) is 4.82. The van der Waals surface area contributed by atoms with Crippen molar-refractivity contribution in [3.8, 4) is 11.1 Å². The summed E-state index contributed by atoms with van der Waals surface area (Å²) in [7, 11) is -1.73. The van der Waals surface area contributed by atoms with Crippen LogP contribution in [0.4, 0.5) is 0 Å². The second-order valence-electron chi connectivity index (χ2n) is 6.62. The van der Waals surface area contributed by atoms with Crippen molar-refractivity contribution in [1.29, 1.82) is 0 Å². The highest BCUT2D eigenvalue weighted by Gasteiger charge is 2.36. The first kappa shape index (κ1) is 17.9. The van der Waals surface area contributed by atoms with Gasteiger partial charge in [-0.2, -0.15) is 4.31 Å². The molecule has 1 atom stereocenters. The summed E-state index contributed by atoms with van der Waals surface area (Å²) in [6.45, 7) is 1.59. The second-order valence-corrected chi connectivity index (χ2v) is 8.51. The van der Waals surface area contributed by atoms with Crippen LogP contribution in [0, 0.1) is 0 Å². The summed E-state index contributed by atoms with van der Waals surface area (Å²) in [5, 5.41) is 3.28. The third-order valence-electron chi connectivity index (χ3n) is 4.92. The van der Waals surface area contributed by atoms with Crippen molar-refractivity contribution < 1.29 is 8.42 Å². The molecule has 0 saturated carbocycles. The largest absolute Gasteiger partial charge is 0.337 e. The van der Waals surface area contributed by atoms with Crippen molar-refractivity contribution in [3.63, 3.8) is 0 Å². The van der Waals surface area contributed by atoms with Gasteiger partial charge >= 0.3 is 0 Å². The van der Waals surface area contributed by atoms with Crippen molar-refractivity contribution in [2.24, 2.45) is 7.05 Å². The quantitative estimate of drug-likeness (QED) is 0.753. The van der Waals surface area contributed by atoms with Crippen LogP contribution in [0.25, 0.3) is 11.1 Å². The first-order valence-electron chi connectivity index (χ1n) is 8.92. The summed E-state index contributed by atoms with van der Waals surface area (Å²) in [6, 6.07) is 16.7. The van der Waals surface area contributed by atoms with Crippen LogP contribution in [0.1, 0.15) is 11.9 Å². The molecule has 1 aliphatic rings. The Bertz CT molecular complexity index is 1010. The van der Waals surface area contributed by atoms with Crippen LogP contribution in [0.2, 0.25) is 0 Å². The molecule has 3 aromatic rings. The van der Waals surface area contributed by atoms with Crippen LogP contribution < -0.4 is 5.32 Å². The zero-order valence-corrected chi connectivity index (χ0v) is 15.9. The molecule has 1 unspecified atom stereocenters. The lowest BCUT2D eigenvalue weighted by Gasteiger charge is -2.34. The Morgan fingerprint density at radius 3 is 2.41 bits per heavy atom. The van der Waals surface area contributed by atoms with E-state index >= 15 is 0 Å². The third kappa shape index (κ3) is 3.41. The number of rotatable bonds is 4. The number of aryl methyl sites for hydroxylation is 1. The smallest absolute Gasteiger partial charge is 0.243 e. The molecule has 27 heavy (non-hydrogen) atoms. The number of sulfonamides is 1. The monoisotopic (exact) mass is 382 g/mol. The van der Waals surface area contributed by atoms with Gasteiger partial charge < -0.3 is 9.88 Å². The van der Waals surface area contributed by atoms with E-state index < -0.39 is 10.0 Å². The van der Waals surface area contributed by atoms with E-state index in [1.807, 2.05) is 60.3 Å². The van der Waals surface area contributed by atoms with Crippen LogP contribution >= 0.6 is 0 Å². The fraction of sp³-hybridized carbons (Fsp3) is 0.250. The third-order valence-corrected chi connectivity index (χ3v) is 6.84. The first-order valence-corrected chi connectivity index (χ1v) is 10.4. The maximum absolute atomic E-state index is 13.3. The molecule has 0 radical (unpaired) electrons. The maximum Gasteiger partial charge on any atom is 0.243 e. The molecular weight excluding hydrogens is 360 g/mol. The van der Waals surface area contributed by atoms with Crippen molar-refractivity contribution in [2.45, 2.75) is 10.9 Å². The number of aromatic nitrogens is 2. The highest BCUT2D eigenvalue weighted by molar-refractivity contribution is 7.89. The molecule has 0 bridgehead atoms. The van der Waals surface area contributed by atoms with Gasteiger partial charge in [-0.1, -0.05) is 42.5 Å². The van der Waals surface area contributed by atoms with Crippen molar-refractivity contribution in [1.82, 2.24) is 19.2 Å². The van der Waals surface area contributed by atoms with Crippen molar-refractivity contribution in [2.75, 3.05) is 19.6 Å². The molecule has 140 valence electrons. The summed E-state index contributed by atoms with van der Waals surface area (Å²) in [5.74, 6) is 0.742. The highest BCUT2D eigenvalue weighted by Crippen LogP contribution is 2.29. The van der Waals surface area contributed by atoms with Crippen LogP contribution in [-0.2, 0) is 17.1 Å². The topological polar surface area (TPSA) is 67.2 Å². The Morgan fingerprint density at radius 2 is 1.74 bits per heavy atom. The van der Waals surface area contributed by atoms with E-state index in [0.29, 0.717) is 24.5 Å². The van der Waals surface area contributed by atoms with Gasteiger partial charge in [-0.15, -0.1) is 0 Å². The molecule has 2 aromatic carbocycles. The van der Waals surface area contributed by atoms with E-state index in [1.54, 1.807) is 22.6 Å². The number of imidazole rings is 1. The van der Waals surface area contributed by atoms with E-state index in [9.17, 15) is 8.42 Å². The predicted octanol–water partition coefficient (Wildman–Crippen LogP) is 2.42. The fourth-order valence-corrected chi connectivity index (χ4v) is 5.06. The molecule has 6 nitrogen and oxygen atoms in total. The average molecular weight is 382 g/mol. The summed E-state index contributed by atoms with van der Waals surface area (Å²) in [6.07, 6.45) is 3.53. The van der Waals surface area contributed by atoms with Gasteiger partial charge in [0.05, 0.1) is 10.9 Å². The normalized spacial score (nSPS) is 18.5. The molecule has 4 rings (SSSR count). The number of nitrogens with one attached hydrogen (secondary N) is 1. The SMILES string of the molecule is Cn1ccnc1C1CNCCN1S(=O)(=O)c1ccc(-c2ccccc2)cc1. The minimum absolute atomic E-state index is 0.309. The minimum Gasteiger partial charge on any atom is -0.337 e. The molecule has 0 aliphatic carbocycles. The number of piperazine rings is 1. The number of nitrogens with zero attached hydrogens (tertiary/aromatic N) is 3. The molecule has 7 heteroatoms. The number of benzene rings is 2. The summed E-state index contributed by atoms with van der Waals surface area (Å²) in [4.78, 5) is 4.68. The van der Waals surface area contributed by atoms with E-state index in [-0.39, 0.29) is 6.04 Å². The van der Waals surface area contributed by atoms with Gasteiger partial charge in [0.15, 0.2) is 0 Å². The van der Waals surface area contributed by atoms with Gasteiger partial charge in [-0.25, -0.2) is 13.4 Å². The van der Waals surface area contributed by atoms with Gasteiger partial charge in [0, 0.05) is 39.1 Å². The minimum atomic E-state index is -3.61. The Balaban J connectivity index is 1.66. The van der Waals surface area contributed by atoms with Gasteiger partial charge in [0.25, 0.3) is 0 Å².